The Bertz CT molecular complexity index is 661. The summed E-state index contributed by atoms with van der Waals surface area (Å²) in [5, 5.41) is 13.4. The van der Waals surface area contributed by atoms with Gasteiger partial charge < -0.3 is 14.0 Å². The zero-order chi connectivity index (χ0) is 13.1. The number of hydrogen-bond acceptors (Lipinski definition) is 5. The molecular weight excluding hydrogens is 262 g/mol. The summed E-state index contributed by atoms with van der Waals surface area (Å²) in [6.45, 7) is 0. The van der Waals surface area contributed by atoms with Crippen molar-refractivity contribution in [2.24, 2.45) is 0 Å². The number of thioether (sulfide) groups is 1. The predicted molar refractivity (Wildman–Crippen MR) is 71.9 cm³/mol. The summed E-state index contributed by atoms with van der Waals surface area (Å²) in [5.74, 6) is 2.23. The molecule has 0 radical (unpaired) electrons. The Balaban J connectivity index is 1.68. The van der Waals surface area contributed by atoms with Gasteiger partial charge in [0, 0.05) is 16.7 Å². The number of phenolic OH excluding ortho intramolecular Hbond substituents is 1. The number of phenols is 1. The molecule has 0 aliphatic heterocycles. The van der Waals surface area contributed by atoms with Crippen LogP contribution < -0.4 is 0 Å². The largest absolute Gasteiger partial charge is 0.508 e. The van der Waals surface area contributed by atoms with Crippen LogP contribution in [0.5, 0.6) is 5.75 Å². The Kier molecular flexibility index (Phi) is 3.29. The van der Waals surface area contributed by atoms with E-state index < -0.39 is 0 Å². The van der Waals surface area contributed by atoms with Gasteiger partial charge in [-0.05, 0) is 30.3 Å². The van der Waals surface area contributed by atoms with E-state index in [1.807, 2.05) is 24.3 Å². The van der Waals surface area contributed by atoms with Crippen LogP contribution in [0.2, 0.25) is 0 Å². The molecule has 0 bridgehead atoms. The summed E-state index contributed by atoms with van der Waals surface area (Å²) in [5.41, 5.74) is 0.833. The fourth-order valence-electron chi connectivity index (χ4n) is 1.65. The molecule has 1 aromatic carbocycles. The number of aromatic hydroxyl groups is 1. The molecule has 0 amide bonds. The van der Waals surface area contributed by atoms with E-state index in [0.717, 1.165) is 10.6 Å². The minimum atomic E-state index is 0.265. The summed E-state index contributed by atoms with van der Waals surface area (Å²) in [6, 6.07) is 12.6. The molecule has 4 nitrogen and oxygen atoms in total. The lowest BCUT2D eigenvalue weighted by atomic mass is 10.3. The summed E-state index contributed by atoms with van der Waals surface area (Å²) >= 11 is 1.59. The molecule has 3 aromatic rings. The van der Waals surface area contributed by atoms with Gasteiger partial charge in [-0.3, -0.25) is 0 Å². The molecule has 0 saturated carbocycles. The number of nitrogens with zero attached hydrogens (tertiary/aromatic N) is 1. The van der Waals surface area contributed by atoms with E-state index in [4.69, 9.17) is 8.94 Å². The van der Waals surface area contributed by atoms with Crippen molar-refractivity contribution in [2.45, 2.75) is 10.6 Å². The van der Waals surface area contributed by atoms with Crippen molar-refractivity contribution in [1.29, 1.82) is 0 Å². The molecule has 0 unspecified atom stereocenters. The molecule has 0 aliphatic rings. The fourth-order valence-corrected chi connectivity index (χ4v) is 2.47. The zero-order valence-corrected chi connectivity index (χ0v) is 10.8. The van der Waals surface area contributed by atoms with Crippen molar-refractivity contribution >= 4 is 11.8 Å². The highest BCUT2D eigenvalue weighted by Crippen LogP contribution is 2.27. The Labute approximate surface area is 114 Å². The first-order chi connectivity index (χ1) is 9.31. The van der Waals surface area contributed by atoms with Crippen LogP contribution in [0.15, 0.2) is 62.6 Å². The lowest BCUT2D eigenvalue weighted by molar-refractivity contribution is 0.413. The summed E-state index contributed by atoms with van der Waals surface area (Å²) in [4.78, 5) is 0.988. The minimum Gasteiger partial charge on any atom is -0.508 e. The number of hydrogen-bond donors (Lipinski definition) is 1. The standard InChI is InChI=1S/C14H11NO3S/c16-11-3-1-4-12(8-11)19-9-10-7-14(18-15-10)13-5-2-6-17-13/h1-8,16H,9H2. The van der Waals surface area contributed by atoms with Gasteiger partial charge in [-0.25, -0.2) is 0 Å². The molecule has 1 N–H and O–H groups in total. The van der Waals surface area contributed by atoms with E-state index in [1.54, 1.807) is 36.2 Å². The van der Waals surface area contributed by atoms with Crippen LogP contribution in [0.25, 0.3) is 11.5 Å². The molecule has 2 heterocycles. The zero-order valence-electron chi connectivity index (χ0n) is 9.95. The predicted octanol–water partition coefficient (Wildman–Crippen LogP) is 3.93. The molecule has 19 heavy (non-hydrogen) atoms. The molecule has 0 atom stereocenters. The van der Waals surface area contributed by atoms with Crippen LogP contribution in [0.4, 0.5) is 0 Å². The van der Waals surface area contributed by atoms with Crippen LogP contribution in [-0.2, 0) is 5.75 Å². The van der Waals surface area contributed by atoms with E-state index in [9.17, 15) is 5.11 Å². The highest BCUT2D eigenvalue weighted by atomic mass is 32.2. The first-order valence-corrected chi connectivity index (χ1v) is 6.71. The molecule has 5 heteroatoms. The van der Waals surface area contributed by atoms with E-state index in [2.05, 4.69) is 5.16 Å². The summed E-state index contributed by atoms with van der Waals surface area (Å²) in [7, 11) is 0. The van der Waals surface area contributed by atoms with E-state index in [1.165, 1.54) is 0 Å². The van der Waals surface area contributed by atoms with Gasteiger partial charge in [0.05, 0.1) is 12.0 Å². The van der Waals surface area contributed by atoms with Gasteiger partial charge in [0.15, 0.2) is 5.76 Å². The molecule has 0 saturated heterocycles. The van der Waals surface area contributed by atoms with Crippen LogP contribution in [-0.4, -0.2) is 10.3 Å². The Morgan fingerprint density at radius 1 is 1.11 bits per heavy atom. The third kappa shape index (κ3) is 2.82. The molecule has 96 valence electrons. The third-order valence-electron chi connectivity index (χ3n) is 2.53. The fraction of sp³-hybridized carbons (Fsp3) is 0.0714. The second-order valence-corrected chi connectivity index (χ2v) is 4.99. The van der Waals surface area contributed by atoms with Gasteiger partial charge in [0.25, 0.3) is 0 Å². The topological polar surface area (TPSA) is 59.4 Å². The second kappa shape index (κ2) is 5.24. The highest BCUT2D eigenvalue weighted by molar-refractivity contribution is 7.98. The maximum absolute atomic E-state index is 9.38. The molecule has 0 aliphatic carbocycles. The monoisotopic (exact) mass is 273 g/mol. The van der Waals surface area contributed by atoms with Gasteiger partial charge in [-0.15, -0.1) is 11.8 Å². The van der Waals surface area contributed by atoms with Gasteiger partial charge in [0.1, 0.15) is 5.75 Å². The first-order valence-electron chi connectivity index (χ1n) is 5.72. The Hall–Kier alpha value is -2.14. The van der Waals surface area contributed by atoms with Crippen molar-refractivity contribution < 1.29 is 14.0 Å². The molecule has 0 fully saturated rings. The second-order valence-electron chi connectivity index (χ2n) is 3.95. The molecule has 3 rings (SSSR count). The average Bonchev–Trinajstić information content (AvgIpc) is 3.07. The molecule has 2 aromatic heterocycles. The lowest BCUT2D eigenvalue weighted by Crippen LogP contribution is -1.79. The number of furan rings is 1. The minimum absolute atomic E-state index is 0.265. The van der Waals surface area contributed by atoms with E-state index in [-0.39, 0.29) is 5.75 Å². The molecule has 0 spiro atoms. The highest BCUT2D eigenvalue weighted by Gasteiger charge is 2.09. The van der Waals surface area contributed by atoms with Crippen LogP contribution in [0.3, 0.4) is 0 Å². The first kappa shape index (κ1) is 11.9. The van der Waals surface area contributed by atoms with Gasteiger partial charge in [-0.1, -0.05) is 11.2 Å². The number of rotatable bonds is 4. The Morgan fingerprint density at radius 3 is 2.84 bits per heavy atom. The maximum atomic E-state index is 9.38. The number of aromatic nitrogens is 1. The van der Waals surface area contributed by atoms with Gasteiger partial charge in [-0.2, -0.15) is 0 Å². The SMILES string of the molecule is Oc1cccc(SCc2cc(-c3ccco3)on2)c1. The smallest absolute Gasteiger partial charge is 0.202 e. The van der Waals surface area contributed by atoms with Crippen LogP contribution in [0, 0.1) is 0 Å². The quantitative estimate of drug-likeness (QED) is 0.730. The van der Waals surface area contributed by atoms with Gasteiger partial charge in [0.2, 0.25) is 5.76 Å². The average molecular weight is 273 g/mol. The van der Waals surface area contributed by atoms with Crippen molar-refractivity contribution in [3.63, 3.8) is 0 Å². The summed E-state index contributed by atoms with van der Waals surface area (Å²) in [6.07, 6.45) is 1.60. The van der Waals surface area contributed by atoms with Crippen molar-refractivity contribution in [3.05, 3.63) is 54.4 Å². The molecular formula is C14H11NO3S. The van der Waals surface area contributed by atoms with Crippen LogP contribution in [0.1, 0.15) is 5.69 Å². The lowest BCUT2D eigenvalue weighted by Gasteiger charge is -1.98. The normalized spacial score (nSPS) is 10.7. The van der Waals surface area contributed by atoms with Gasteiger partial charge >= 0.3 is 0 Å². The van der Waals surface area contributed by atoms with E-state index >= 15 is 0 Å². The maximum Gasteiger partial charge on any atom is 0.202 e. The van der Waals surface area contributed by atoms with Crippen molar-refractivity contribution in [3.8, 4) is 17.3 Å². The van der Waals surface area contributed by atoms with Crippen molar-refractivity contribution in [2.75, 3.05) is 0 Å². The van der Waals surface area contributed by atoms with Crippen molar-refractivity contribution in [1.82, 2.24) is 5.16 Å². The van der Waals surface area contributed by atoms with Crippen LogP contribution >= 0.6 is 11.8 Å². The summed E-state index contributed by atoms with van der Waals surface area (Å²) < 4.78 is 10.5. The van der Waals surface area contributed by atoms with E-state index in [0.29, 0.717) is 17.3 Å². The Morgan fingerprint density at radius 2 is 2.05 bits per heavy atom. The number of benzene rings is 1. The third-order valence-corrected chi connectivity index (χ3v) is 3.55.